The highest BCUT2D eigenvalue weighted by Crippen LogP contribution is 2.34. The summed E-state index contributed by atoms with van der Waals surface area (Å²) in [4.78, 5) is 18.3. The van der Waals surface area contributed by atoms with Crippen LogP contribution in [0.25, 0.3) is 0 Å². The lowest BCUT2D eigenvalue weighted by Crippen LogP contribution is -2.41. The number of pyridine rings is 1. The third-order valence-corrected chi connectivity index (χ3v) is 4.50. The van der Waals surface area contributed by atoms with Gasteiger partial charge >= 0.3 is 0 Å². The number of aromatic nitrogens is 1. The summed E-state index contributed by atoms with van der Waals surface area (Å²) in [5, 5.41) is 0. The Labute approximate surface area is 117 Å². The summed E-state index contributed by atoms with van der Waals surface area (Å²) in [6.45, 7) is 6.26. The zero-order valence-corrected chi connectivity index (χ0v) is 12.5. The molecule has 0 bridgehead atoms. The first kappa shape index (κ1) is 13.5. The van der Waals surface area contributed by atoms with Crippen molar-refractivity contribution in [3.05, 3.63) is 28.5 Å². The molecule has 98 valence electrons. The minimum atomic E-state index is 0.0990. The first-order valence-corrected chi connectivity index (χ1v) is 7.23. The third kappa shape index (κ3) is 2.91. The van der Waals surface area contributed by atoms with Gasteiger partial charge in [0.2, 0.25) is 0 Å². The van der Waals surface area contributed by atoms with Crippen molar-refractivity contribution in [1.29, 1.82) is 0 Å². The van der Waals surface area contributed by atoms with E-state index in [1.807, 2.05) is 11.0 Å². The highest BCUT2D eigenvalue weighted by atomic mass is 79.9. The Kier molecular flexibility index (Phi) is 4.05. The second-order valence-corrected chi connectivity index (χ2v) is 6.26. The quantitative estimate of drug-likeness (QED) is 0.837. The van der Waals surface area contributed by atoms with Crippen molar-refractivity contribution in [3.8, 4) is 0 Å². The van der Waals surface area contributed by atoms with Gasteiger partial charge in [-0.15, -0.1) is 0 Å². The zero-order chi connectivity index (χ0) is 13.2. The highest BCUT2D eigenvalue weighted by molar-refractivity contribution is 9.10. The van der Waals surface area contributed by atoms with Crippen LogP contribution in [0.2, 0.25) is 0 Å². The van der Waals surface area contributed by atoms with E-state index in [9.17, 15) is 4.79 Å². The van der Waals surface area contributed by atoms with Gasteiger partial charge in [-0.2, -0.15) is 0 Å². The number of hydrogen-bond acceptors (Lipinski definition) is 2. The first-order chi connectivity index (χ1) is 8.54. The van der Waals surface area contributed by atoms with Crippen LogP contribution >= 0.6 is 15.9 Å². The summed E-state index contributed by atoms with van der Waals surface area (Å²) in [6, 6.07) is 1.84. The highest BCUT2D eigenvalue weighted by Gasteiger charge is 2.30. The Bertz CT molecular complexity index is 439. The van der Waals surface area contributed by atoms with Crippen LogP contribution < -0.4 is 0 Å². The summed E-state index contributed by atoms with van der Waals surface area (Å²) in [6.07, 6.45) is 6.71. The minimum Gasteiger partial charge on any atom is -0.339 e. The standard InChI is InChI=1S/C14H19BrN2O/c1-3-14(2)4-6-17(7-5-14)13(18)11-8-12(15)10-16-9-11/h8-10H,3-7H2,1-2H3. The number of piperidine rings is 1. The van der Waals surface area contributed by atoms with E-state index in [0.29, 0.717) is 11.0 Å². The maximum absolute atomic E-state index is 12.3. The van der Waals surface area contributed by atoms with Gasteiger partial charge in [-0.05, 0) is 40.3 Å². The van der Waals surface area contributed by atoms with E-state index in [1.54, 1.807) is 12.4 Å². The van der Waals surface area contributed by atoms with E-state index in [-0.39, 0.29) is 5.91 Å². The maximum Gasteiger partial charge on any atom is 0.255 e. The molecule has 1 aliphatic rings. The molecule has 18 heavy (non-hydrogen) atoms. The minimum absolute atomic E-state index is 0.0990. The number of likely N-dealkylation sites (tertiary alicyclic amines) is 1. The van der Waals surface area contributed by atoms with Crippen molar-refractivity contribution in [1.82, 2.24) is 9.88 Å². The van der Waals surface area contributed by atoms with Crippen molar-refractivity contribution < 1.29 is 4.79 Å². The Balaban J connectivity index is 2.04. The molecule has 1 aliphatic heterocycles. The molecule has 1 amide bonds. The fourth-order valence-electron chi connectivity index (χ4n) is 2.31. The van der Waals surface area contributed by atoms with Crippen LogP contribution in [0.1, 0.15) is 43.5 Å². The molecule has 0 aliphatic carbocycles. The summed E-state index contributed by atoms with van der Waals surface area (Å²) < 4.78 is 0.851. The molecule has 0 radical (unpaired) electrons. The molecule has 1 aromatic heterocycles. The lowest BCUT2D eigenvalue weighted by atomic mass is 9.78. The topological polar surface area (TPSA) is 33.2 Å². The number of amides is 1. The van der Waals surface area contributed by atoms with Gasteiger partial charge in [0.1, 0.15) is 0 Å². The summed E-state index contributed by atoms with van der Waals surface area (Å²) in [5.74, 6) is 0.0990. The first-order valence-electron chi connectivity index (χ1n) is 6.44. The SMILES string of the molecule is CCC1(C)CCN(C(=O)c2cncc(Br)c2)CC1. The van der Waals surface area contributed by atoms with E-state index in [4.69, 9.17) is 0 Å². The van der Waals surface area contributed by atoms with E-state index in [2.05, 4.69) is 34.8 Å². The normalized spacial score (nSPS) is 18.7. The summed E-state index contributed by atoms with van der Waals surface area (Å²) in [7, 11) is 0. The molecule has 1 aromatic rings. The molecular formula is C14H19BrN2O. The molecule has 0 saturated carbocycles. The van der Waals surface area contributed by atoms with Gasteiger partial charge in [-0.25, -0.2) is 0 Å². The molecule has 0 atom stereocenters. The predicted molar refractivity (Wildman–Crippen MR) is 75.5 cm³/mol. The fraction of sp³-hybridized carbons (Fsp3) is 0.571. The van der Waals surface area contributed by atoms with Crippen molar-refractivity contribution in [2.45, 2.75) is 33.1 Å². The molecule has 3 nitrogen and oxygen atoms in total. The molecular weight excluding hydrogens is 292 g/mol. The number of halogens is 1. The number of nitrogens with zero attached hydrogens (tertiary/aromatic N) is 2. The Hall–Kier alpha value is -0.900. The van der Waals surface area contributed by atoms with E-state index in [0.717, 1.165) is 30.4 Å². The zero-order valence-electron chi connectivity index (χ0n) is 10.9. The van der Waals surface area contributed by atoms with Gasteiger partial charge < -0.3 is 4.90 Å². The molecule has 0 N–H and O–H groups in total. The second kappa shape index (κ2) is 5.39. The van der Waals surface area contributed by atoms with Crippen LogP contribution in [0.5, 0.6) is 0 Å². The lowest BCUT2D eigenvalue weighted by Gasteiger charge is -2.38. The average molecular weight is 311 g/mol. The van der Waals surface area contributed by atoms with Crippen LogP contribution in [0.4, 0.5) is 0 Å². The number of hydrogen-bond donors (Lipinski definition) is 0. The smallest absolute Gasteiger partial charge is 0.255 e. The van der Waals surface area contributed by atoms with Crippen molar-refractivity contribution in [2.75, 3.05) is 13.1 Å². The predicted octanol–water partition coefficient (Wildman–Crippen LogP) is 3.50. The van der Waals surface area contributed by atoms with Crippen LogP contribution in [0.3, 0.4) is 0 Å². The lowest BCUT2D eigenvalue weighted by molar-refractivity contribution is 0.0600. The number of rotatable bonds is 2. The van der Waals surface area contributed by atoms with Crippen molar-refractivity contribution in [2.24, 2.45) is 5.41 Å². The third-order valence-electron chi connectivity index (χ3n) is 4.06. The Morgan fingerprint density at radius 2 is 2.11 bits per heavy atom. The number of carbonyl (C=O) groups is 1. The molecule has 2 rings (SSSR count). The largest absolute Gasteiger partial charge is 0.339 e. The Morgan fingerprint density at radius 1 is 1.44 bits per heavy atom. The van der Waals surface area contributed by atoms with Gasteiger partial charge in [0.15, 0.2) is 0 Å². The van der Waals surface area contributed by atoms with Crippen LogP contribution in [-0.4, -0.2) is 28.9 Å². The molecule has 0 spiro atoms. The molecule has 1 saturated heterocycles. The van der Waals surface area contributed by atoms with Crippen molar-refractivity contribution in [3.63, 3.8) is 0 Å². The van der Waals surface area contributed by atoms with Gasteiger partial charge in [-0.1, -0.05) is 20.3 Å². The van der Waals surface area contributed by atoms with Gasteiger partial charge in [0, 0.05) is 30.0 Å². The van der Waals surface area contributed by atoms with Gasteiger partial charge in [0.25, 0.3) is 5.91 Å². The van der Waals surface area contributed by atoms with Crippen molar-refractivity contribution >= 4 is 21.8 Å². The van der Waals surface area contributed by atoms with E-state index >= 15 is 0 Å². The van der Waals surface area contributed by atoms with Crippen LogP contribution in [0, 0.1) is 5.41 Å². The Morgan fingerprint density at radius 3 is 2.67 bits per heavy atom. The second-order valence-electron chi connectivity index (χ2n) is 5.35. The summed E-state index contributed by atoms with van der Waals surface area (Å²) >= 11 is 3.35. The summed E-state index contributed by atoms with van der Waals surface area (Å²) in [5.41, 5.74) is 1.08. The number of carbonyl (C=O) groups excluding carboxylic acids is 1. The maximum atomic E-state index is 12.3. The molecule has 2 heterocycles. The van der Waals surface area contributed by atoms with Gasteiger partial charge in [0.05, 0.1) is 5.56 Å². The molecule has 0 aromatic carbocycles. The monoisotopic (exact) mass is 310 g/mol. The van der Waals surface area contributed by atoms with Crippen LogP contribution in [0.15, 0.2) is 22.9 Å². The van der Waals surface area contributed by atoms with E-state index in [1.165, 1.54) is 6.42 Å². The molecule has 4 heteroatoms. The van der Waals surface area contributed by atoms with Crippen LogP contribution in [-0.2, 0) is 0 Å². The average Bonchev–Trinajstić information content (AvgIpc) is 2.39. The van der Waals surface area contributed by atoms with E-state index < -0.39 is 0 Å². The van der Waals surface area contributed by atoms with Gasteiger partial charge in [-0.3, -0.25) is 9.78 Å². The molecule has 1 fully saturated rings. The fourth-order valence-corrected chi connectivity index (χ4v) is 2.68. The molecule has 0 unspecified atom stereocenters.